The fraction of sp³-hybridized carbons (Fsp3) is 0.250. The van der Waals surface area contributed by atoms with Crippen LogP contribution in [0.5, 0.6) is 5.75 Å². The number of nitrogens with one attached hydrogen (secondary N) is 1. The van der Waals surface area contributed by atoms with Crippen LogP contribution in [0.25, 0.3) is 0 Å². The minimum Gasteiger partial charge on any atom is -0.493 e. The van der Waals surface area contributed by atoms with Gasteiger partial charge in [-0.1, -0.05) is 48.0 Å². The number of benzene rings is 2. The van der Waals surface area contributed by atoms with Gasteiger partial charge in [0.1, 0.15) is 5.75 Å². The molecule has 3 rings (SSSR count). The molecular weight excluding hydrogens is 236 g/mol. The molecule has 0 saturated carbocycles. The maximum atomic E-state index is 5.77. The van der Waals surface area contributed by atoms with Gasteiger partial charge in [-0.2, -0.15) is 0 Å². The van der Waals surface area contributed by atoms with E-state index in [1.807, 2.05) is 18.2 Å². The molecule has 3 N–H and O–H groups in total. The van der Waals surface area contributed by atoms with Crippen molar-refractivity contribution < 1.29 is 4.74 Å². The molecule has 2 aromatic carbocycles. The second-order valence-corrected chi connectivity index (χ2v) is 5.01. The summed E-state index contributed by atoms with van der Waals surface area (Å²) >= 11 is 0. The molecule has 0 aromatic heterocycles. The van der Waals surface area contributed by atoms with E-state index in [9.17, 15) is 0 Å². The Morgan fingerprint density at radius 1 is 1.16 bits per heavy atom. The number of para-hydroxylation sites is 1. The summed E-state index contributed by atoms with van der Waals surface area (Å²) in [6.45, 7) is 2.75. The van der Waals surface area contributed by atoms with Gasteiger partial charge >= 0.3 is 0 Å². The van der Waals surface area contributed by atoms with E-state index in [4.69, 9.17) is 10.6 Å². The Bertz CT molecular complexity index is 565. The largest absolute Gasteiger partial charge is 0.493 e. The molecule has 0 fully saturated rings. The van der Waals surface area contributed by atoms with Crippen molar-refractivity contribution in [1.82, 2.24) is 5.43 Å². The Labute approximate surface area is 113 Å². The van der Waals surface area contributed by atoms with Crippen molar-refractivity contribution in [2.24, 2.45) is 5.84 Å². The van der Waals surface area contributed by atoms with Crippen LogP contribution in [-0.2, 0) is 0 Å². The Hall–Kier alpha value is -1.84. The van der Waals surface area contributed by atoms with E-state index >= 15 is 0 Å². The summed E-state index contributed by atoms with van der Waals surface area (Å²) in [6.07, 6.45) is 0. The number of aryl methyl sites for hydroxylation is 1. The third-order valence-corrected chi connectivity index (χ3v) is 3.76. The molecular formula is C16H18N2O. The summed E-state index contributed by atoms with van der Waals surface area (Å²) in [6, 6.07) is 16.7. The minimum absolute atomic E-state index is 0.0734. The SMILES string of the molecule is Cc1ccc(C(NN)C2COc3ccccc32)cc1. The first kappa shape index (κ1) is 12.2. The van der Waals surface area contributed by atoms with Crippen LogP contribution in [0.3, 0.4) is 0 Å². The maximum absolute atomic E-state index is 5.77. The monoisotopic (exact) mass is 254 g/mol. The molecule has 0 spiro atoms. The molecule has 0 aliphatic carbocycles. The van der Waals surface area contributed by atoms with Gasteiger partial charge in [0.05, 0.1) is 12.6 Å². The van der Waals surface area contributed by atoms with E-state index < -0.39 is 0 Å². The Balaban J connectivity index is 1.94. The van der Waals surface area contributed by atoms with Crippen LogP contribution in [0.2, 0.25) is 0 Å². The van der Waals surface area contributed by atoms with E-state index in [0.717, 1.165) is 5.75 Å². The molecule has 3 nitrogen and oxygen atoms in total. The summed E-state index contributed by atoms with van der Waals surface area (Å²) in [5, 5.41) is 0. The van der Waals surface area contributed by atoms with E-state index in [0.29, 0.717) is 6.61 Å². The molecule has 2 aromatic rings. The number of rotatable bonds is 3. The lowest BCUT2D eigenvalue weighted by molar-refractivity contribution is 0.300. The second-order valence-electron chi connectivity index (χ2n) is 5.01. The lowest BCUT2D eigenvalue weighted by Gasteiger charge is -2.22. The van der Waals surface area contributed by atoms with Crippen LogP contribution in [-0.4, -0.2) is 6.61 Å². The van der Waals surface area contributed by atoms with E-state index in [2.05, 4.69) is 42.7 Å². The predicted molar refractivity (Wildman–Crippen MR) is 75.9 cm³/mol. The summed E-state index contributed by atoms with van der Waals surface area (Å²) < 4.78 is 5.74. The van der Waals surface area contributed by atoms with Gasteiger partial charge in [0.15, 0.2) is 0 Å². The third kappa shape index (κ3) is 2.23. The highest BCUT2D eigenvalue weighted by atomic mass is 16.5. The molecule has 0 saturated heterocycles. The standard InChI is InChI=1S/C16H18N2O/c1-11-6-8-12(9-7-11)16(18-17)14-10-19-15-5-3-2-4-13(14)15/h2-9,14,16,18H,10,17H2,1H3. The van der Waals surface area contributed by atoms with Crippen molar-refractivity contribution in [1.29, 1.82) is 0 Å². The zero-order chi connectivity index (χ0) is 13.2. The maximum Gasteiger partial charge on any atom is 0.122 e. The van der Waals surface area contributed by atoms with Crippen LogP contribution in [0, 0.1) is 6.92 Å². The van der Waals surface area contributed by atoms with Crippen LogP contribution < -0.4 is 16.0 Å². The van der Waals surface area contributed by atoms with Gasteiger partial charge in [-0.15, -0.1) is 0 Å². The number of ether oxygens (including phenoxy) is 1. The van der Waals surface area contributed by atoms with Gasteiger partial charge in [0.25, 0.3) is 0 Å². The van der Waals surface area contributed by atoms with Crippen molar-refractivity contribution >= 4 is 0 Å². The predicted octanol–water partition coefficient (Wildman–Crippen LogP) is 2.68. The lowest BCUT2D eigenvalue weighted by Crippen LogP contribution is -2.33. The smallest absolute Gasteiger partial charge is 0.122 e. The molecule has 0 amide bonds. The number of hydrazine groups is 1. The third-order valence-electron chi connectivity index (χ3n) is 3.76. The molecule has 1 aliphatic rings. The normalized spacial score (nSPS) is 18.7. The van der Waals surface area contributed by atoms with Gasteiger partial charge in [-0.25, -0.2) is 0 Å². The minimum atomic E-state index is 0.0734. The quantitative estimate of drug-likeness (QED) is 0.654. The number of fused-ring (bicyclic) bond motifs is 1. The summed E-state index contributed by atoms with van der Waals surface area (Å²) in [4.78, 5) is 0. The molecule has 2 atom stereocenters. The number of nitrogens with two attached hydrogens (primary N) is 1. The van der Waals surface area contributed by atoms with Crippen molar-refractivity contribution in [3.05, 3.63) is 65.2 Å². The van der Waals surface area contributed by atoms with E-state index in [1.54, 1.807) is 0 Å². The zero-order valence-corrected chi connectivity index (χ0v) is 11.0. The van der Waals surface area contributed by atoms with Gasteiger partial charge in [0, 0.05) is 11.5 Å². The average molecular weight is 254 g/mol. The van der Waals surface area contributed by atoms with Crippen molar-refractivity contribution in [2.75, 3.05) is 6.61 Å². The molecule has 0 radical (unpaired) electrons. The molecule has 2 unspecified atom stereocenters. The highest BCUT2D eigenvalue weighted by molar-refractivity contribution is 5.42. The van der Waals surface area contributed by atoms with Crippen LogP contribution in [0.4, 0.5) is 0 Å². The highest BCUT2D eigenvalue weighted by Gasteiger charge is 2.31. The van der Waals surface area contributed by atoms with Gasteiger partial charge in [-0.3, -0.25) is 11.3 Å². The van der Waals surface area contributed by atoms with Crippen molar-refractivity contribution in [3.63, 3.8) is 0 Å². The number of hydrogen-bond acceptors (Lipinski definition) is 3. The molecule has 19 heavy (non-hydrogen) atoms. The molecule has 98 valence electrons. The Morgan fingerprint density at radius 3 is 2.63 bits per heavy atom. The van der Waals surface area contributed by atoms with E-state index in [-0.39, 0.29) is 12.0 Å². The van der Waals surface area contributed by atoms with Crippen LogP contribution in [0.15, 0.2) is 48.5 Å². The fourth-order valence-electron chi connectivity index (χ4n) is 2.68. The zero-order valence-electron chi connectivity index (χ0n) is 11.0. The Morgan fingerprint density at radius 2 is 1.89 bits per heavy atom. The fourth-order valence-corrected chi connectivity index (χ4v) is 2.68. The highest BCUT2D eigenvalue weighted by Crippen LogP contribution is 2.40. The molecule has 0 bridgehead atoms. The van der Waals surface area contributed by atoms with E-state index in [1.165, 1.54) is 16.7 Å². The van der Waals surface area contributed by atoms with Crippen molar-refractivity contribution in [2.45, 2.75) is 18.9 Å². The summed E-state index contributed by atoms with van der Waals surface area (Å²) in [5.41, 5.74) is 6.61. The Kier molecular flexibility index (Phi) is 3.23. The first-order valence-corrected chi connectivity index (χ1v) is 6.54. The van der Waals surface area contributed by atoms with Gasteiger partial charge < -0.3 is 4.74 Å². The van der Waals surface area contributed by atoms with Gasteiger partial charge in [-0.05, 0) is 18.6 Å². The summed E-state index contributed by atoms with van der Waals surface area (Å²) in [7, 11) is 0. The van der Waals surface area contributed by atoms with Gasteiger partial charge in [0.2, 0.25) is 0 Å². The first-order valence-electron chi connectivity index (χ1n) is 6.54. The lowest BCUT2D eigenvalue weighted by atomic mass is 9.88. The van der Waals surface area contributed by atoms with Crippen molar-refractivity contribution in [3.8, 4) is 5.75 Å². The van der Waals surface area contributed by atoms with Crippen LogP contribution >= 0.6 is 0 Å². The molecule has 3 heteroatoms. The first-order chi connectivity index (χ1) is 9.29. The topological polar surface area (TPSA) is 47.3 Å². The summed E-state index contributed by atoms with van der Waals surface area (Å²) in [5.74, 6) is 7.00. The average Bonchev–Trinajstić information content (AvgIpc) is 2.86. The molecule has 1 aliphatic heterocycles. The number of hydrogen-bond donors (Lipinski definition) is 2. The van der Waals surface area contributed by atoms with Crippen LogP contribution in [0.1, 0.15) is 28.7 Å². The second kappa shape index (κ2) is 5.03. The molecule has 1 heterocycles.